The summed E-state index contributed by atoms with van der Waals surface area (Å²) in [4.78, 5) is 17.2. The van der Waals surface area contributed by atoms with Crippen LogP contribution < -0.4 is 5.56 Å². The van der Waals surface area contributed by atoms with Crippen molar-refractivity contribution in [2.75, 3.05) is 0 Å². The highest BCUT2D eigenvalue weighted by Crippen LogP contribution is 2.21. The first-order chi connectivity index (χ1) is 7.79. The number of rotatable bonds is 1. The van der Waals surface area contributed by atoms with Crippen LogP contribution in [0.3, 0.4) is 0 Å². The second-order valence-electron chi connectivity index (χ2n) is 3.39. The van der Waals surface area contributed by atoms with Crippen LogP contribution in [0.25, 0.3) is 10.9 Å². The zero-order chi connectivity index (χ0) is 12.8. The Balaban J connectivity index is 2.98. The van der Waals surface area contributed by atoms with Gasteiger partial charge < -0.3 is 4.98 Å². The topological polar surface area (TPSA) is 79.9 Å². The van der Waals surface area contributed by atoms with Crippen LogP contribution in [0.5, 0.6) is 0 Å². The van der Waals surface area contributed by atoms with Crippen LogP contribution >= 0.6 is 10.7 Å². The molecule has 0 bridgehead atoms. The molecule has 1 aromatic heterocycles. The third kappa shape index (κ3) is 2.16. The summed E-state index contributed by atoms with van der Waals surface area (Å²) in [5, 5.41) is -0.158. The fourth-order valence-electron chi connectivity index (χ4n) is 1.43. The predicted molar refractivity (Wildman–Crippen MR) is 60.1 cm³/mol. The van der Waals surface area contributed by atoms with E-state index in [0.717, 1.165) is 12.1 Å². The van der Waals surface area contributed by atoms with E-state index in [0.29, 0.717) is 0 Å². The summed E-state index contributed by atoms with van der Waals surface area (Å²) in [6.45, 7) is 1.49. The van der Waals surface area contributed by atoms with Gasteiger partial charge in [-0.1, -0.05) is 0 Å². The van der Waals surface area contributed by atoms with Gasteiger partial charge in [-0.05, 0) is 19.1 Å². The molecule has 90 valence electrons. The van der Waals surface area contributed by atoms with E-state index in [1.807, 2.05) is 0 Å². The summed E-state index contributed by atoms with van der Waals surface area (Å²) in [6.07, 6.45) is 0. The van der Waals surface area contributed by atoms with E-state index in [1.165, 1.54) is 6.92 Å². The van der Waals surface area contributed by atoms with Crippen LogP contribution in [-0.2, 0) is 9.05 Å². The molecule has 0 atom stereocenters. The van der Waals surface area contributed by atoms with Crippen molar-refractivity contribution >= 4 is 30.6 Å². The Labute approximate surface area is 99.7 Å². The number of nitrogens with one attached hydrogen (secondary N) is 1. The summed E-state index contributed by atoms with van der Waals surface area (Å²) in [7, 11) is 0.995. The minimum atomic E-state index is -4.09. The van der Waals surface area contributed by atoms with Gasteiger partial charge in [0.05, 0.1) is 10.3 Å². The molecule has 0 aliphatic heterocycles. The summed E-state index contributed by atoms with van der Waals surface area (Å²) in [5.41, 5.74) is -0.802. The van der Waals surface area contributed by atoms with Gasteiger partial charge in [0.1, 0.15) is 11.3 Å². The van der Waals surface area contributed by atoms with E-state index in [2.05, 4.69) is 9.97 Å². The number of aryl methyl sites for hydroxylation is 1. The molecule has 0 amide bonds. The maximum Gasteiger partial charge on any atom is 0.261 e. The molecule has 8 heteroatoms. The lowest BCUT2D eigenvalue weighted by atomic mass is 10.2. The van der Waals surface area contributed by atoms with Gasteiger partial charge in [-0.15, -0.1) is 0 Å². The minimum Gasteiger partial charge on any atom is -0.310 e. The van der Waals surface area contributed by atoms with Crippen LogP contribution in [0.15, 0.2) is 21.8 Å². The Kier molecular flexibility index (Phi) is 2.67. The van der Waals surface area contributed by atoms with Gasteiger partial charge in [0, 0.05) is 10.7 Å². The van der Waals surface area contributed by atoms with Crippen molar-refractivity contribution in [3.05, 3.63) is 34.1 Å². The van der Waals surface area contributed by atoms with E-state index in [1.54, 1.807) is 0 Å². The molecule has 0 spiro atoms. The quantitative estimate of drug-likeness (QED) is 0.796. The molecule has 1 N–H and O–H groups in total. The number of hydrogen-bond acceptors (Lipinski definition) is 4. The molecule has 0 unspecified atom stereocenters. The zero-order valence-electron chi connectivity index (χ0n) is 8.49. The predicted octanol–water partition coefficient (Wildman–Crippen LogP) is 1.30. The van der Waals surface area contributed by atoms with Gasteiger partial charge in [-0.3, -0.25) is 4.79 Å². The Morgan fingerprint density at radius 2 is 2.06 bits per heavy atom. The van der Waals surface area contributed by atoms with Crippen molar-refractivity contribution in [2.24, 2.45) is 0 Å². The van der Waals surface area contributed by atoms with Crippen molar-refractivity contribution in [1.29, 1.82) is 0 Å². The Morgan fingerprint density at radius 1 is 1.41 bits per heavy atom. The lowest BCUT2D eigenvalue weighted by Gasteiger charge is -2.02. The molecule has 1 heterocycles. The van der Waals surface area contributed by atoms with E-state index in [9.17, 15) is 17.6 Å². The van der Waals surface area contributed by atoms with Gasteiger partial charge in [0.15, 0.2) is 5.82 Å². The first-order valence-electron chi connectivity index (χ1n) is 4.44. The monoisotopic (exact) mass is 276 g/mol. The normalized spacial score (nSPS) is 11.9. The van der Waals surface area contributed by atoms with Crippen molar-refractivity contribution in [1.82, 2.24) is 9.97 Å². The molecular formula is C9H6ClFN2O3S. The number of halogens is 2. The van der Waals surface area contributed by atoms with Crippen LogP contribution in [-0.4, -0.2) is 18.4 Å². The molecule has 0 aliphatic carbocycles. The third-order valence-electron chi connectivity index (χ3n) is 2.14. The molecule has 0 saturated heterocycles. The van der Waals surface area contributed by atoms with E-state index < -0.39 is 25.3 Å². The summed E-state index contributed by atoms with van der Waals surface area (Å²) in [6, 6.07) is 1.72. The molecule has 0 radical (unpaired) electrons. The molecule has 17 heavy (non-hydrogen) atoms. The zero-order valence-corrected chi connectivity index (χ0v) is 10.1. The van der Waals surface area contributed by atoms with Gasteiger partial charge >= 0.3 is 0 Å². The van der Waals surface area contributed by atoms with Gasteiger partial charge in [-0.2, -0.15) is 0 Å². The summed E-state index contributed by atoms with van der Waals surface area (Å²) >= 11 is 0. The molecular weight excluding hydrogens is 271 g/mol. The van der Waals surface area contributed by atoms with Crippen molar-refractivity contribution in [3.8, 4) is 0 Å². The SMILES string of the molecule is Cc1nc2c(F)cc(S(=O)(=O)Cl)cc2c(=O)[nH]1. The maximum absolute atomic E-state index is 13.6. The lowest BCUT2D eigenvalue weighted by molar-refractivity contribution is 0.604. The highest BCUT2D eigenvalue weighted by Gasteiger charge is 2.16. The number of fused-ring (bicyclic) bond motifs is 1. The number of H-pyrrole nitrogens is 1. The average Bonchev–Trinajstić information content (AvgIpc) is 2.17. The highest BCUT2D eigenvalue weighted by atomic mass is 35.7. The third-order valence-corrected chi connectivity index (χ3v) is 3.47. The molecule has 2 rings (SSSR count). The molecule has 2 aromatic rings. The molecule has 0 fully saturated rings. The van der Waals surface area contributed by atoms with E-state index in [-0.39, 0.29) is 16.7 Å². The van der Waals surface area contributed by atoms with Gasteiger partial charge in [0.25, 0.3) is 14.6 Å². The standard InChI is InChI=1S/C9H6ClFN2O3S/c1-4-12-8-6(9(14)13-4)2-5(3-7(8)11)17(10,15)16/h2-3H,1H3,(H,12,13,14). The van der Waals surface area contributed by atoms with E-state index >= 15 is 0 Å². The van der Waals surface area contributed by atoms with Crippen LogP contribution in [0, 0.1) is 12.7 Å². The van der Waals surface area contributed by atoms with Crippen molar-refractivity contribution < 1.29 is 12.8 Å². The molecule has 0 aliphatic rings. The first-order valence-corrected chi connectivity index (χ1v) is 6.75. The van der Waals surface area contributed by atoms with Gasteiger partial charge in [-0.25, -0.2) is 17.8 Å². The molecule has 0 saturated carbocycles. The Bertz CT molecular complexity index is 770. The maximum atomic E-state index is 13.6. The Morgan fingerprint density at radius 3 is 2.65 bits per heavy atom. The van der Waals surface area contributed by atoms with Crippen LogP contribution in [0.1, 0.15) is 5.82 Å². The smallest absolute Gasteiger partial charge is 0.261 e. The fraction of sp³-hybridized carbons (Fsp3) is 0.111. The largest absolute Gasteiger partial charge is 0.310 e. The number of nitrogens with zero attached hydrogens (tertiary/aromatic N) is 1. The number of hydrogen-bond donors (Lipinski definition) is 1. The van der Waals surface area contributed by atoms with Gasteiger partial charge in [0.2, 0.25) is 0 Å². The second kappa shape index (κ2) is 3.78. The minimum absolute atomic E-state index is 0.158. The second-order valence-corrected chi connectivity index (χ2v) is 5.96. The van der Waals surface area contributed by atoms with E-state index in [4.69, 9.17) is 10.7 Å². The number of aromatic amines is 1. The van der Waals surface area contributed by atoms with Crippen LogP contribution in [0.4, 0.5) is 4.39 Å². The molecule has 5 nitrogen and oxygen atoms in total. The number of benzene rings is 1. The fourth-order valence-corrected chi connectivity index (χ4v) is 2.20. The lowest BCUT2D eigenvalue weighted by Crippen LogP contribution is -2.11. The Hall–Kier alpha value is -1.47. The van der Waals surface area contributed by atoms with Crippen molar-refractivity contribution in [2.45, 2.75) is 11.8 Å². The van der Waals surface area contributed by atoms with Crippen molar-refractivity contribution in [3.63, 3.8) is 0 Å². The highest BCUT2D eigenvalue weighted by molar-refractivity contribution is 8.13. The molecule has 1 aromatic carbocycles. The number of aromatic nitrogens is 2. The summed E-state index contributed by atoms with van der Waals surface area (Å²) in [5.74, 6) is -0.668. The summed E-state index contributed by atoms with van der Waals surface area (Å²) < 4.78 is 35.7. The first kappa shape index (κ1) is 12.0. The average molecular weight is 277 g/mol. The van der Waals surface area contributed by atoms with Crippen LogP contribution in [0.2, 0.25) is 0 Å².